The van der Waals surface area contributed by atoms with Crippen molar-refractivity contribution >= 4 is 23.2 Å². The Hall–Kier alpha value is 0.580. The van der Waals surface area contributed by atoms with Gasteiger partial charge in [0.2, 0.25) is 0 Å². The monoisotopic (exact) mass is 352 g/mol. The first-order valence-corrected chi connectivity index (χ1v) is 11.1. The van der Waals surface area contributed by atoms with Crippen molar-refractivity contribution in [1.82, 2.24) is 0 Å². The molecule has 2 heteroatoms. The molecule has 0 heterocycles. The summed E-state index contributed by atoms with van der Waals surface area (Å²) in [5.41, 5.74) is 1.13. The van der Waals surface area contributed by atoms with Crippen LogP contribution in [-0.2, 0) is 0 Å². The third-order valence-corrected chi connectivity index (χ3v) is 11.0. The van der Waals surface area contributed by atoms with E-state index in [-0.39, 0.29) is 9.75 Å². The molecule has 0 aromatic heterocycles. The first kappa shape index (κ1) is 14.7. The highest BCUT2D eigenvalue weighted by molar-refractivity contribution is 6.28. The molecule has 0 bridgehead atoms. The van der Waals surface area contributed by atoms with E-state index in [1.54, 1.807) is 12.8 Å². The van der Waals surface area contributed by atoms with Crippen molar-refractivity contribution in [3.05, 3.63) is 0 Å². The molecule has 0 amide bonds. The molecule has 4 unspecified atom stereocenters. The normalized spacial score (nSPS) is 66.0. The van der Waals surface area contributed by atoms with E-state index in [1.165, 1.54) is 70.6 Å². The van der Waals surface area contributed by atoms with Crippen LogP contribution in [0.4, 0.5) is 0 Å². The number of fused-ring (bicyclic) bond motifs is 1. The van der Waals surface area contributed by atoms with Gasteiger partial charge in [0, 0.05) is 15.7 Å². The molecule has 0 aromatic carbocycles. The second kappa shape index (κ2) is 4.28. The van der Waals surface area contributed by atoms with E-state index in [0.29, 0.717) is 16.7 Å². The van der Waals surface area contributed by atoms with Gasteiger partial charge in [-0.05, 0) is 80.0 Å². The Labute approximate surface area is 151 Å². The molecular weight excluding hydrogens is 323 g/mol. The molecule has 0 aliphatic heterocycles. The van der Waals surface area contributed by atoms with Crippen LogP contribution < -0.4 is 0 Å². The minimum atomic E-state index is 0.0401. The molecule has 5 rings (SSSR count). The molecule has 2 spiro atoms. The maximum atomic E-state index is 7.60. The average molecular weight is 353 g/mol. The first-order valence-electron chi connectivity index (χ1n) is 10.4. The highest BCUT2D eigenvalue weighted by Crippen LogP contribution is 2.80. The molecule has 5 saturated carbocycles. The molecule has 5 aliphatic rings. The summed E-state index contributed by atoms with van der Waals surface area (Å²) in [6.45, 7) is 0. The van der Waals surface area contributed by atoms with Gasteiger partial charge in [0.1, 0.15) is 0 Å². The number of halogens is 2. The van der Waals surface area contributed by atoms with Crippen LogP contribution in [0.2, 0.25) is 0 Å². The van der Waals surface area contributed by atoms with Crippen LogP contribution in [0.5, 0.6) is 0 Å². The minimum absolute atomic E-state index is 0.0401. The average Bonchev–Trinajstić information content (AvgIpc) is 2.63. The molecule has 4 atom stereocenters. The summed E-state index contributed by atoms with van der Waals surface area (Å²) in [6.07, 6.45) is 18.3. The van der Waals surface area contributed by atoms with Crippen molar-refractivity contribution in [3.63, 3.8) is 0 Å². The third-order valence-electron chi connectivity index (χ3n) is 9.93. The summed E-state index contributed by atoms with van der Waals surface area (Å²) in [5.74, 6) is 3.38. The lowest BCUT2D eigenvalue weighted by Gasteiger charge is -2.69. The standard InChI is InChI=1S/C21H30Cl2/c22-20-8-1-4-14-10-18-6-3-7-19(18,12-20)13-21(23)9-2-5-15(11-18)16(14)17(20)21/h14-17H,1-13H2. The molecule has 5 aliphatic carbocycles. The fourth-order valence-corrected chi connectivity index (χ4v) is 11.3. The summed E-state index contributed by atoms with van der Waals surface area (Å²) in [4.78, 5) is 0.0802. The van der Waals surface area contributed by atoms with Gasteiger partial charge in [-0.2, -0.15) is 0 Å². The lowest BCUT2D eigenvalue weighted by Crippen LogP contribution is -2.66. The number of hydrogen-bond acceptors (Lipinski definition) is 0. The predicted molar refractivity (Wildman–Crippen MR) is 96.0 cm³/mol. The third kappa shape index (κ3) is 1.59. The highest BCUT2D eigenvalue weighted by atomic mass is 35.5. The van der Waals surface area contributed by atoms with E-state index in [2.05, 4.69) is 0 Å². The van der Waals surface area contributed by atoms with Gasteiger partial charge in [0.25, 0.3) is 0 Å². The first-order chi connectivity index (χ1) is 11.0. The Morgan fingerprint density at radius 3 is 1.83 bits per heavy atom. The van der Waals surface area contributed by atoms with Gasteiger partial charge < -0.3 is 0 Å². The van der Waals surface area contributed by atoms with Crippen LogP contribution in [-0.4, -0.2) is 9.75 Å². The van der Waals surface area contributed by atoms with Gasteiger partial charge in [-0.25, -0.2) is 0 Å². The molecule has 128 valence electrons. The van der Waals surface area contributed by atoms with Crippen LogP contribution in [0.25, 0.3) is 0 Å². The lowest BCUT2D eigenvalue weighted by atomic mass is 9.39. The van der Waals surface area contributed by atoms with Gasteiger partial charge in [0.05, 0.1) is 0 Å². The SMILES string of the molecule is ClC12CCCC3CC45CCCC4(C1)CC1(Cl)CCCC(C5)C3C21. The number of hydrogen-bond donors (Lipinski definition) is 0. The maximum absolute atomic E-state index is 7.60. The van der Waals surface area contributed by atoms with Gasteiger partial charge in [0.15, 0.2) is 0 Å². The van der Waals surface area contributed by atoms with Gasteiger partial charge in [-0.15, -0.1) is 23.2 Å². The summed E-state index contributed by atoms with van der Waals surface area (Å²) < 4.78 is 0. The molecule has 0 N–H and O–H groups in total. The Bertz CT molecular complexity index is 520. The fourth-order valence-electron chi connectivity index (χ4n) is 9.73. The second-order valence-corrected chi connectivity index (χ2v) is 12.1. The van der Waals surface area contributed by atoms with Gasteiger partial charge >= 0.3 is 0 Å². The highest BCUT2D eigenvalue weighted by Gasteiger charge is 2.74. The van der Waals surface area contributed by atoms with E-state index in [1.807, 2.05) is 0 Å². The summed E-state index contributed by atoms with van der Waals surface area (Å²) >= 11 is 15.2. The molecule has 0 radical (unpaired) electrons. The van der Waals surface area contributed by atoms with Crippen molar-refractivity contribution in [2.24, 2.45) is 34.5 Å². The van der Waals surface area contributed by atoms with E-state index in [0.717, 1.165) is 17.8 Å². The topological polar surface area (TPSA) is 0 Å². The van der Waals surface area contributed by atoms with E-state index >= 15 is 0 Å². The van der Waals surface area contributed by atoms with Crippen molar-refractivity contribution in [2.75, 3.05) is 0 Å². The predicted octanol–water partition coefficient (Wildman–Crippen LogP) is 6.53. The van der Waals surface area contributed by atoms with Gasteiger partial charge in [-0.1, -0.05) is 32.1 Å². The largest absolute Gasteiger partial charge is 0.119 e. The Morgan fingerprint density at radius 1 is 0.652 bits per heavy atom. The summed E-state index contributed by atoms with van der Waals surface area (Å²) in [7, 11) is 0. The Balaban J connectivity index is 1.67. The zero-order valence-electron chi connectivity index (χ0n) is 14.3. The molecule has 0 saturated heterocycles. The molecular formula is C21H30Cl2. The van der Waals surface area contributed by atoms with Gasteiger partial charge in [-0.3, -0.25) is 0 Å². The zero-order chi connectivity index (χ0) is 15.5. The quantitative estimate of drug-likeness (QED) is 0.434. The minimum Gasteiger partial charge on any atom is -0.119 e. The van der Waals surface area contributed by atoms with Crippen molar-refractivity contribution in [2.45, 2.75) is 93.2 Å². The molecule has 5 fully saturated rings. The van der Waals surface area contributed by atoms with Crippen LogP contribution in [0, 0.1) is 34.5 Å². The molecule has 0 nitrogen and oxygen atoms in total. The van der Waals surface area contributed by atoms with Crippen LogP contribution in [0.1, 0.15) is 83.5 Å². The van der Waals surface area contributed by atoms with E-state index in [9.17, 15) is 0 Å². The molecule has 0 aromatic rings. The smallest absolute Gasteiger partial charge is 0.0500 e. The van der Waals surface area contributed by atoms with Crippen LogP contribution in [0.15, 0.2) is 0 Å². The van der Waals surface area contributed by atoms with Crippen molar-refractivity contribution in [1.29, 1.82) is 0 Å². The van der Waals surface area contributed by atoms with E-state index in [4.69, 9.17) is 23.2 Å². The summed E-state index contributed by atoms with van der Waals surface area (Å²) in [6, 6.07) is 0. The lowest BCUT2D eigenvalue weighted by molar-refractivity contribution is -0.149. The van der Waals surface area contributed by atoms with Crippen LogP contribution >= 0.6 is 23.2 Å². The zero-order valence-corrected chi connectivity index (χ0v) is 15.8. The van der Waals surface area contributed by atoms with Crippen LogP contribution in [0.3, 0.4) is 0 Å². The van der Waals surface area contributed by atoms with E-state index < -0.39 is 0 Å². The fraction of sp³-hybridized carbons (Fsp3) is 1.00. The number of rotatable bonds is 0. The Kier molecular flexibility index (Phi) is 2.74. The molecule has 23 heavy (non-hydrogen) atoms. The maximum Gasteiger partial charge on any atom is 0.0500 e. The summed E-state index contributed by atoms with van der Waals surface area (Å²) in [5, 5.41) is 0. The number of alkyl halides is 2. The van der Waals surface area contributed by atoms with Crippen molar-refractivity contribution in [3.8, 4) is 0 Å². The second-order valence-electron chi connectivity index (χ2n) is 10.6. The Morgan fingerprint density at radius 2 is 1.22 bits per heavy atom. The van der Waals surface area contributed by atoms with Crippen molar-refractivity contribution < 1.29 is 0 Å².